The minimum atomic E-state index is -0.458. The number of fused-ring (bicyclic) bond motifs is 2. The van der Waals surface area contributed by atoms with Gasteiger partial charge in [0.25, 0.3) is 5.91 Å². The molecule has 0 unspecified atom stereocenters. The van der Waals surface area contributed by atoms with Crippen molar-refractivity contribution in [2.24, 2.45) is 5.73 Å². The van der Waals surface area contributed by atoms with Crippen LogP contribution in [0.5, 0.6) is 0 Å². The minimum Gasteiger partial charge on any atom is -0.368 e. The van der Waals surface area contributed by atoms with Gasteiger partial charge in [-0.1, -0.05) is 85.2 Å². The van der Waals surface area contributed by atoms with E-state index in [1.807, 2.05) is 40.8 Å². The molecule has 6 rings (SSSR count). The summed E-state index contributed by atoms with van der Waals surface area (Å²) < 4.78 is 5.98. The van der Waals surface area contributed by atoms with Crippen LogP contribution in [-0.2, 0) is 0 Å². The van der Waals surface area contributed by atoms with Gasteiger partial charge in [0.05, 0.1) is 0 Å². The van der Waals surface area contributed by atoms with Gasteiger partial charge < -0.3 is 16.4 Å². The van der Waals surface area contributed by atoms with Crippen LogP contribution in [0.15, 0.2) is 57.5 Å². The van der Waals surface area contributed by atoms with E-state index in [4.69, 9.17) is 15.7 Å². The molecule has 0 radical (unpaired) electrons. The SMILES string of the molecule is CCCC(CCC)Nc1cc(C)nc2c(-c3c(C)cc(Br)cc3C)cc(C#N)n12.CCCC(CCC)Nc1cc(C)nc2c(-c3c(C)cc(Br)cc3C)cc(C(N)=O)n12. The highest BCUT2D eigenvalue weighted by molar-refractivity contribution is 9.10. The second-order valence-corrected chi connectivity index (χ2v) is 17.7. The van der Waals surface area contributed by atoms with Crippen LogP contribution in [0.1, 0.15) is 129 Å². The third-order valence-electron chi connectivity index (χ3n) is 10.8. The Hall–Kier alpha value is -4.66. The van der Waals surface area contributed by atoms with Crippen molar-refractivity contribution in [2.45, 2.75) is 133 Å². The van der Waals surface area contributed by atoms with Crippen LogP contribution in [0.25, 0.3) is 33.5 Å². The number of carbonyl (C=O) groups excluding carboxylic acids is 1. The van der Waals surface area contributed by atoms with E-state index in [0.717, 1.165) is 128 Å². The molecule has 0 fully saturated rings. The number of nitrogens with one attached hydrogen (secondary N) is 2. The number of hydrogen-bond acceptors (Lipinski definition) is 6. The molecule has 312 valence electrons. The molecule has 0 spiro atoms. The number of rotatable bonds is 15. The van der Waals surface area contributed by atoms with Gasteiger partial charge in [0.15, 0.2) is 0 Å². The van der Waals surface area contributed by atoms with Gasteiger partial charge in [0.1, 0.15) is 40.4 Å². The molecule has 4 heterocycles. The Balaban J connectivity index is 0.000000224. The summed E-state index contributed by atoms with van der Waals surface area (Å²) in [5, 5.41) is 17.3. The molecule has 4 aromatic heterocycles. The number of anilines is 2. The Morgan fingerprint density at radius 1 is 0.644 bits per heavy atom. The number of amides is 1. The molecule has 0 saturated carbocycles. The zero-order valence-electron chi connectivity index (χ0n) is 36.4. The largest absolute Gasteiger partial charge is 0.368 e. The molecule has 4 N–H and O–H groups in total. The van der Waals surface area contributed by atoms with E-state index in [0.29, 0.717) is 23.5 Å². The fourth-order valence-electron chi connectivity index (χ4n) is 8.54. The zero-order chi connectivity index (χ0) is 43.1. The van der Waals surface area contributed by atoms with E-state index >= 15 is 0 Å². The molecule has 11 heteroatoms. The van der Waals surface area contributed by atoms with E-state index in [1.54, 1.807) is 0 Å². The summed E-state index contributed by atoms with van der Waals surface area (Å²) in [6.45, 7) is 21.2. The number of nitrogens with two attached hydrogens (primary N) is 1. The molecule has 0 saturated heterocycles. The first-order valence-corrected chi connectivity index (χ1v) is 22.6. The van der Waals surface area contributed by atoms with Crippen molar-refractivity contribution in [1.82, 2.24) is 18.8 Å². The molecule has 6 aromatic rings. The molecule has 0 aliphatic heterocycles. The van der Waals surface area contributed by atoms with E-state index in [2.05, 4.69) is 134 Å². The van der Waals surface area contributed by atoms with Gasteiger partial charge in [-0.05, 0) is 137 Å². The van der Waals surface area contributed by atoms with Crippen molar-refractivity contribution >= 4 is 60.7 Å². The lowest BCUT2D eigenvalue weighted by Gasteiger charge is -2.21. The smallest absolute Gasteiger partial charge is 0.265 e. The lowest BCUT2D eigenvalue weighted by Crippen LogP contribution is -2.23. The van der Waals surface area contributed by atoms with Crippen LogP contribution < -0.4 is 16.4 Å². The molecule has 1 amide bonds. The molecule has 59 heavy (non-hydrogen) atoms. The first-order valence-electron chi connectivity index (χ1n) is 21.0. The molecule has 0 atom stereocenters. The zero-order valence-corrected chi connectivity index (χ0v) is 39.6. The maximum absolute atomic E-state index is 12.4. The Bertz CT molecular complexity index is 2450. The summed E-state index contributed by atoms with van der Waals surface area (Å²) >= 11 is 7.16. The molecule has 9 nitrogen and oxygen atoms in total. The maximum atomic E-state index is 12.4. The second-order valence-electron chi connectivity index (χ2n) is 15.9. The first-order chi connectivity index (χ1) is 28.1. The number of benzene rings is 2. The molecular formula is C48H60Br2N8O. The average Bonchev–Trinajstić information content (AvgIpc) is 3.70. The number of nitrogens with zero attached hydrogens (tertiary/aromatic N) is 5. The molecule has 0 aliphatic carbocycles. The van der Waals surface area contributed by atoms with E-state index in [9.17, 15) is 10.1 Å². The second kappa shape index (κ2) is 20.1. The summed E-state index contributed by atoms with van der Waals surface area (Å²) in [5.74, 6) is 1.37. The minimum absolute atomic E-state index is 0.340. The maximum Gasteiger partial charge on any atom is 0.265 e. The van der Waals surface area contributed by atoms with E-state index < -0.39 is 5.91 Å². The predicted molar refractivity (Wildman–Crippen MR) is 253 cm³/mol. The van der Waals surface area contributed by atoms with Gasteiger partial charge in [-0.25, -0.2) is 9.97 Å². The van der Waals surface area contributed by atoms with E-state index in [-0.39, 0.29) is 0 Å². The van der Waals surface area contributed by atoms with Gasteiger partial charge in [-0.3, -0.25) is 13.6 Å². The molecule has 0 aliphatic rings. The van der Waals surface area contributed by atoms with Crippen molar-refractivity contribution in [3.8, 4) is 28.3 Å². The Kier molecular flexibility index (Phi) is 15.4. The Morgan fingerprint density at radius 2 is 1.02 bits per heavy atom. The number of aryl methyl sites for hydroxylation is 6. The quantitative estimate of drug-likeness (QED) is 0.0942. The number of primary amides is 1. The Labute approximate surface area is 367 Å². The molecule has 0 bridgehead atoms. The molecule has 2 aromatic carbocycles. The van der Waals surface area contributed by atoms with Gasteiger partial charge in [-0.2, -0.15) is 5.26 Å². The van der Waals surface area contributed by atoms with Gasteiger partial charge in [0, 0.05) is 55.7 Å². The third kappa shape index (κ3) is 10.2. The van der Waals surface area contributed by atoms with Crippen molar-refractivity contribution in [3.05, 3.63) is 103 Å². The van der Waals surface area contributed by atoms with Gasteiger partial charge in [0.2, 0.25) is 0 Å². The fourth-order valence-corrected chi connectivity index (χ4v) is 9.91. The monoisotopic (exact) mass is 922 g/mol. The van der Waals surface area contributed by atoms with Crippen LogP contribution in [-0.4, -0.2) is 36.8 Å². The Morgan fingerprint density at radius 3 is 1.39 bits per heavy atom. The van der Waals surface area contributed by atoms with Crippen LogP contribution in [0.3, 0.4) is 0 Å². The topological polar surface area (TPSA) is 126 Å². The highest BCUT2D eigenvalue weighted by Gasteiger charge is 2.23. The first kappa shape index (κ1) is 45.4. The van der Waals surface area contributed by atoms with Crippen molar-refractivity contribution in [3.63, 3.8) is 0 Å². The van der Waals surface area contributed by atoms with Crippen LogP contribution >= 0.6 is 31.9 Å². The van der Waals surface area contributed by atoms with Crippen molar-refractivity contribution in [1.29, 1.82) is 5.26 Å². The number of nitriles is 1. The summed E-state index contributed by atoms with van der Waals surface area (Å²) in [4.78, 5) is 22.1. The van der Waals surface area contributed by atoms with Crippen LogP contribution in [0.2, 0.25) is 0 Å². The summed E-state index contributed by atoms with van der Waals surface area (Å²) in [6, 6.07) is 19.4. The fraction of sp³-hybridized carbons (Fsp3) is 0.417. The van der Waals surface area contributed by atoms with Gasteiger partial charge >= 0.3 is 0 Å². The lowest BCUT2D eigenvalue weighted by molar-refractivity contribution is 0.0995. The van der Waals surface area contributed by atoms with Crippen molar-refractivity contribution < 1.29 is 4.79 Å². The number of hydrogen-bond donors (Lipinski definition) is 3. The predicted octanol–water partition coefficient (Wildman–Crippen LogP) is 13.1. The van der Waals surface area contributed by atoms with Crippen LogP contribution in [0, 0.1) is 52.9 Å². The van der Waals surface area contributed by atoms with E-state index in [1.165, 1.54) is 11.1 Å². The van der Waals surface area contributed by atoms with Crippen molar-refractivity contribution in [2.75, 3.05) is 10.6 Å². The number of halogens is 2. The highest BCUT2D eigenvalue weighted by Crippen LogP contribution is 2.38. The third-order valence-corrected chi connectivity index (χ3v) is 11.8. The normalized spacial score (nSPS) is 11.3. The standard InChI is InChI=1S/C24H31BrN4O.C24H29BrN4/c1-6-8-18(9-7-2)28-21-12-16(5)27-24-19(13-20(23(26)30)29(21)24)22-14(3)10-17(25)11-15(22)4;1-6-8-19(9-7-2)28-22-12-17(5)27-24-21(13-20(14-26)29(22)24)23-15(3)10-18(25)11-16(23)4/h10-13,18,28H,6-9H2,1-5H3,(H2,26,30);10-13,19,28H,6-9H2,1-5H3. The van der Waals surface area contributed by atoms with Gasteiger partial charge in [-0.15, -0.1) is 0 Å². The lowest BCUT2D eigenvalue weighted by atomic mass is 9.97. The average molecular weight is 925 g/mol. The molecular weight excluding hydrogens is 864 g/mol. The summed E-state index contributed by atoms with van der Waals surface area (Å²) in [7, 11) is 0. The number of carbonyl (C=O) groups is 1. The summed E-state index contributed by atoms with van der Waals surface area (Å²) in [5.41, 5.74) is 19.1. The van der Waals surface area contributed by atoms with Crippen LogP contribution in [0.4, 0.5) is 11.6 Å². The number of aromatic nitrogens is 4. The summed E-state index contributed by atoms with van der Waals surface area (Å²) in [6.07, 6.45) is 8.82. The highest BCUT2D eigenvalue weighted by atomic mass is 79.9.